The second kappa shape index (κ2) is 6.92. The van der Waals surface area contributed by atoms with Gasteiger partial charge in [-0.25, -0.2) is 0 Å². The molecule has 0 atom stereocenters. The van der Waals surface area contributed by atoms with E-state index in [9.17, 15) is 0 Å². The molecule has 1 aromatic rings. The molecule has 102 valence electrons. The minimum absolute atomic E-state index is 0.786. The van der Waals surface area contributed by atoms with Crippen molar-refractivity contribution in [3.63, 3.8) is 0 Å². The number of hydrogen-bond donors (Lipinski definition) is 1. The number of nitrogens with zero attached hydrogens (tertiary/aromatic N) is 1. The number of hydrogen-bond acceptors (Lipinski definition) is 4. The standard InChI is InChI=1S/C14H24N2O2/c1-15-9-13-5-6-14(18-13)10-16(2)7-8-17-11-12-3-4-12/h5-6,12,15H,3-4,7-11H2,1-2H3. The van der Waals surface area contributed by atoms with Crippen LogP contribution in [0.25, 0.3) is 0 Å². The molecule has 1 aromatic heterocycles. The van der Waals surface area contributed by atoms with Crippen molar-refractivity contribution in [2.24, 2.45) is 5.92 Å². The van der Waals surface area contributed by atoms with Crippen LogP contribution in [0.3, 0.4) is 0 Å². The number of rotatable bonds is 9. The molecule has 4 heteroatoms. The van der Waals surface area contributed by atoms with Gasteiger partial charge in [0.25, 0.3) is 0 Å². The Labute approximate surface area is 109 Å². The molecule has 0 bridgehead atoms. The SMILES string of the molecule is CNCc1ccc(CN(C)CCOCC2CC2)o1. The molecule has 4 nitrogen and oxygen atoms in total. The third-order valence-electron chi connectivity index (χ3n) is 3.16. The Hall–Kier alpha value is -0.840. The summed E-state index contributed by atoms with van der Waals surface area (Å²) in [7, 11) is 4.02. The highest BCUT2D eigenvalue weighted by atomic mass is 16.5. The first-order valence-corrected chi connectivity index (χ1v) is 6.76. The fraction of sp³-hybridized carbons (Fsp3) is 0.714. The van der Waals surface area contributed by atoms with Crippen molar-refractivity contribution in [3.8, 4) is 0 Å². The highest BCUT2D eigenvalue weighted by Crippen LogP contribution is 2.28. The molecule has 1 N–H and O–H groups in total. The van der Waals surface area contributed by atoms with E-state index in [1.54, 1.807) is 0 Å². The van der Waals surface area contributed by atoms with Gasteiger partial charge >= 0.3 is 0 Å². The van der Waals surface area contributed by atoms with E-state index in [2.05, 4.69) is 17.3 Å². The molecule has 0 aliphatic heterocycles. The molecule has 0 saturated heterocycles. The zero-order valence-electron chi connectivity index (χ0n) is 11.4. The monoisotopic (exact) mass is 252 g/mol. The van der Waals surface area contributed by atoms with Crippen LogP contribution in [0.4, 0.5) is 0 Å². The summed E-state index contributed by atoms with van der Waals surface area (Å²) in [5, 5.41) is 3.08. The highest BCUT2D eigenvalue weighted by molar-refractivity contribution is 5.06. The van der Waals surface area contributed by atoms with Crippen molar-refractivity contribution in [1.29, 1.82) is 0 Å². The van der Waals surface area contributed by atoms with Crippen molar-refractivity contribution >= 4 is 0 Å². The molecule has 0 unspecified atom stereocenters. The van der Waals surface area contributed by atoms with Gasteiger partial charge in [0.1, 0.15) is 11.5 Å². The van der Waals surface area contributed by atoms with Crippen LogP contribution in [0.1, 0.15) is 24.4 Å². The molecular weight excluding hydrogens is 228 g/mol. The maximum absolute atomic E-state index is 5.70. The zero-order chi connectivity index (χ0) is 12.8. The van der Waals surface area contributed by atoms with E-state index in [0.717, 1.165) is 50.3 Å². The summed E-state index contributed by atoms with van der Waals surface area (Å²) in [6.45, 7) is 4.34. The van der Waals surface area contributed by atoms with E-state index in [1.165, 1.54) is 12.8 Å². The number of likely N-dealkylation sites (N-methyl/N-ethyl adjacent to an activating group) is 1. The average Bonchev–Trinajstić information content (AvgIpc) is 3.07. The van der Waals surface area contributed by atoms with Gasteiger partial charge in [-0.15, -0.1) is 0 Å². The van der Waals surface area contributed by atoms with Crippen molar-refractivity contribution in [2.45, 2.75) is 25.9 Å². The van der Waals surface area contributed by atoms with Crippen molar-refractivity contribution in [1.82, 2.24) is 10.2 Å². The maximum Gasteiger partial charge on any atom is 0.118 e. The van der Waals surface area contributed by atoms with E-state index >= 15 is 0 Å². The quantitative estimate of drug-likeness (QED) is 0.681. The third kappa shape index (κ3) is 4.80. The zero-order valence-corrected chi connectivity index (χ0v) is 11.4. The Kier molecular flexibility index (Phi) is 5.23. The van der Waals surface area contributed by atoms with Crippen LogP contribution in [0.15, 0.2) is 16.5 Å². The maximum atomic E-state index is 5.70. The molecule has 0 amide bonds. The fourth-order valence-corrected chi connectivity index (χ4v) is 1.88. The van der Waals surface area contributed by atoms with Gasteiger partial charge in [0, 0.05) is 13.2 Å². The number of ether oxygens (including phenoxy) is 1. The van der Waals surface area contributed by atoms with Gasteiger partial charge in [0.15, 0.2) is 0 Å². The predicted molar refractivity (Wildman–Crippen MR) is 71.3 cm³/mol. The second-order valence-electron chi connectivity index (χ2n) is 5.15. The van der Waals surface area contributed by atoms with Crippen LogP contribution >= 0.6 is 0 Å². The Bertz CT molecular complexity index is 347. The van der Waals surface area contributed by atoms with E-state index in [1.807, 2.05) is 19.2 Å². The lowest BCUT2D eigenvalue weighted by Gasteiger charge is -2.15. The van der Waals surface area contributed by atoms with Gasteiger partial charge in [-0.05, 0) is 45.0 Å². The molecule has 0 radical (unpaired) electrons. The van der Waals surface area contributed by atoms with E-state index < -0.39 is 0 Å². The lowest BCUT2D eigenvalue weighted by molar-refractivity contribution is 0.0999. The summed E-state index contributed by atoms with van der Waals surface area (Å²) in [6.07, 6.45) is 2.72. The van der Waals surface area contributed by atoms with Crippen LogP contribution in [0, 0.1) is 5.92 Å². The molecule has 0 spiro atoms. The molecule has 2 rings (SSSR count). The van der Waals surface area contributed by atoms with Crippen molar-refractivity contribution < 1.29 is 9.15 Å². The van der Waals surface area contributed by atoms with Crippen LogP contribution < -0.4 is 5.32 Å². The molecular formula is C14H24N2O2. The first-order chi connectivity index (χ1) is 8.78. The van der Waals surface area contributed by atoms with E-state index in [0.29, 0.717) is 0 Å². The summed E-state index contributed by atoms with van der Waals surface area (Å²) in [4.78, 5) is 2.23. The number of nitrogens with one attached hydrogen (secondary N) is 1. The Balaban J connectivity index is 1.60. The first kappa shape index (κ1) is 13.6. The molecule has 1 saturated carbocycles. The van der Waals surface area contributed by atoms with E-state index in [4.69, 9.17) is 9.15 Å². The van der Waals surface area contributed by atoms with Gasteiger partial charge < -0.3 is 14.5 Å². The summed E-state index contributed by atoms with van der Waals surface area (Å²) < 4.78 is 11.3. The second-order valence-corrected chi connectivity index (χ2v) is 5.15. The minimum atomic E-state index is 0.786. The van der Waals surface area contributed by atoms with Gasteiger partial charge in [-0.3, -0.25) is 4.90 Å². The van der Waals surface area contributed by atoms with Crippen LogP contribution in [0.5, 0.6) is 0 Å². The van der Waals surface area contributed by atoms with Crippen LogP contribution in [-0.2, 0) is 17.8 Å². The fourth-order valence-electron chi connectivity index (χ4n) is 1.88. The van der Waals surface area contributed by atoms with Crippen LogP contribution in [0.2, 0.25) is 0 Å². The summed E-state index contributed by atoms with van der Waals surface area (Å²) in [5.74, 6) is 2.86. The van der Waals surface area contributed by atoms with Crippen LogP contribution in [-0.4, -0.2) is 38.8 Å². The smallest absolute Gasteiger partial charge is 0.118 e. The number of furan rings is 1. The lowest BCUT2D eigenvalue weighted by atomic mass is 10.4. The molecule has 18 heavy (non-hydrogen) atoms. The summed E-state index contributed by atoms with van der Waals surface area (Å²) in [5.41, 5.74) is 0. The van der Waals surface area contributed by atoms with Crippen molar-refractivity contribution in [2.75, 3.05) is 33.9 Å². The highest BCUT2D eigenvalue weighted by Gasteiger charge is 2.20. The van der Waals surface area contributed by atoms with Crippen molar-refractivity contribution in [3.05, 3.63) is 23.7 Å². The van der Waals surface area contributed by atoms with E-state index in [-0.39, 0.29) is 0 Å². The third-order valence-corrected chi connectivity index (χ3v) is 3.16. The molecule has 1 heterocycles. The van der Waals surface area contributed by atoms with Gasteiger partial charge in [-0.2, -0.15) is 0 Å². The predicted octanol–water partition coefficient (Wildman–Crippen LogP) is 1.86. The minimum Gasteiger partial charge on any atom is -0.463 e. The van der Waals surface area contributed by atoms with Gasteiger partial charge in [0.2, 0.25) is 0 Å². The topological polar surface area (TPSA) is 37.6 Å². The Morgan fingerprint density at radius 3 is 2.89 bits per heavy atom. The average molecular weight is 252 g/mol. The molecule has 1 fully saturated rings. The summed E-state index contributed by atoms with van der Waals surface area (Å²) in [6, 6.07) is 4.08. The van der Waals surface area contributed by atoms with Gasteiger partial charge in [-0.1, -0.05) is 0 Å². The Morgan fingerprint density at radius 1 is 1.39 bits per heavy atom. The normalized spacial score (nSPS) is 15.5. The van der Waals surface area contributed by atoms with Gasteiger partial charge in [0.05, 0.1) is 19.7 Å². The largest absolute Gasteiger partial charge is 0.463 e. The summed E-state index contributed by atoms with van der Waals surface area (Å²) >= 11 is 0. The first-order valence-electron chi connectivity index (χ1n) is 6.76. The molecule has 1 aliphatic rings. The molecule has 1 aliphatic carbocycles. The molecule has 0 aromatic carbocycles. The lowest BCUT2D eigenvalue weighted by Crippen LogP contribution is -2.22. The Morgan fingerprint density at radius 2 is 2.17 bits per heavy atom.